The standard InChI is InChI=1S/C21H23ClFN3OS2/c1-25(2)11-12-26(21-24-18-10-5-15(22)14-19(18)29-21)20(27)4-3-13-28-17-8-6-16(23)7-9-17/h5-10,14H,3-4,11-13H2,1-2H3. The summed E-state index contributed by atoms with van der Waals surface area (Å²) in [6.45, 7) is 1.34. The molecule has 4 nitrogen and oxygen atoms in total. The van der Waals surface area contributed by atoms with Crippen LogP contribution in [0.5, 0.6) is 0 Å². The minimum absolute atomic E-state index is 0.0664. The number of carbonyl (C=O) groups excluding carboxylic acids is 1. The number of aromatic nitrogens is 1. The predicted molar refractivity (Wildman–Crippen MR) is 122 cm³/mol. The van der Waals surface area contributed by atoms with E-state index >= 15 is 0 Å². The van der Waals surface area contributed by atoms with Crippen LogP contribution in [-0.2, 0) is 4.79 Å². The maximum absolute atomic E-state index is 13.0. The van der Waals surface area contributed by atoms with Crippen molar-refractivity contribution in [3.63, 3.8) is 0 Å². The number of anilines is 1. The fourth-order valence-corrected chi connectivity index (χ4v) is 4.85. The molecule has 0 N–H and O–H groups in total. The van der Waals surface area contributed by atoms with E-state index in [-0.39, 0.29) is 11.7 Å². The average Bonchev–Trinajstić information content (AvgIpc) is 3.09. The lowest BCUT2D eigenvalue weighted by Gasteiger charge is -2.22. The van der Waals surface area contributed by atoms with Crippen LogP contribution in [0.25, 0.3) is 10.2 Å². The SMILES string of the molecule is CN(C)CCN(C(=O)CCCSc1ccc(F)cc1)c1nc2ccc(Cl)cc2s1. The first-order valence-electron chi connectivity index (χ1n) is 9.32. The number of halogens is 2. The molecular formula is C21H23ClFN3OS2. The first-order valence-corrected chi connectivity index (χ1v) is 11.5. The minimum atomic E-state index is -0.238. The summed E-state index contributed by atoms with van der Waals surface area (Å²) < 4.78 is 14.0. The lowest BCUT2D eigenvalue weighted by Crippen LogP contribution is -2.36. The number of benzene rings is 2. The van der Waals surface area contributed by atoms with Gasteiger partial charge in [-0.2, -0.15) is 0 Å². The van der Waals surface area contributed by atoms with Crippen molar-refractivity contribution in [2.75, 3.05) is 37.8 Å². The van der Waals surface area contributed by atoms with Crippen LogP contribution in [0.1, 0.15) is 12.8 Å². The number of nitrogens with zero attached hydrogens (tertiary/aromatic N) is 3. The maximum atomic E-state index is 13.0. The number of hydrogen-bond donors (Lipinski definition) is 0. The van der Waals surface area contributed by atoms with Crippen molar-refractivity contribution in [1.29, 1.82) is 0 Å². The van der Waals surface area contributed by atoms with Gasteiger partial charge in [-0.3, -0.25) is 9.69 Å². The van der Waals surface area contributed by atoms with E-state index in [1.807, 2.05) is 32.3 Å². The molecule has 29 heavy (non-hydrogen) atoms. The summed E-state index contributed by atoms with van der Waals surface area (Å²) in [4.78, 5) is 22.4. The number of amides is 1. The van der Waals surface area contributed by atoms with Gasteiger partial charge in [-0.1, -0.05) is 22.9 Å². The first kappa shape index (κ1) is 22.0. The van der Waals surface area contributed by atoms with Crippen LogP contribution >= 0.6 is 34.7 Å². The quantitative estimate of drug-likeness (QED) is 0.315. The van der Waals surface area contributed by atoms with Gasteiger partial charge in [-0.05, 0) is 68.7 Å². The van der Waals surface area contributed by atoms with Crippen molar-refractivity contribution in [1.82, 2.24) is 9.88 Å². The normalized spacial score (nSPS) is 11.3. The van der Waals surface area contributed by atoms with Crippen molar-refractivity contribution in [3.8, 4) is 0 Å². The molecule has 0 aliphatic rings. The van der Waals surface area contributed by atoms with Crippen molar-refractivity contribution >= 4 is 56.0 Å². The van der Waals surface area contributed by atoms with Gasteiger partial charge in [0, 0.05) is 29.4 Å². The molecule has 1 aromatic heterocycles. The van der Waals surface area contributed by atoms with Gasteiger partial charge in [0.25, 0.3) is 0 Å². The Morgan fingerprint density at radius 3 is 2.66 bits per heavy atom. The highest BCUT2D eigenvalue weighted by molar-refractivity contribution is 7.99. The third-order valence-corrected chi connectivity index (χ3v) is 6.63. The van der Waals surface area contributed by atoms with Gasteiger partial charge in [-0.15, -0.1) is 11.8 Å². The third kappa shape index (κ3) is 6.40. The van der Waals surface area contributed by atoms with Crippen LogP contribution in [0.15, 0.2) is 47.4 Å². The molecule has 154 valence electrons. The van der Waals surface area contributed by atoms with E-state index in [4.69, 9.17) is 11.6 Å². The number of thiazole rings is 1. The van der Waals surface area contributed by atoms with E-state index in [1.165, 1.54) is 23.5 Å². The molecule has 2 aromatic carbocycles. The largest absolute Gasteiger partial charge is 0.308 e. The summed E-state index contributed by atoms with van der Waals surface area (Å²) in [5, 5.41) is 1.37. The van der Waals surface area contributed by atoms with Crippen molar-refractivity contribution < 1.29 is 9.18 Å². The van der Waals surface area contributed by atoms with E-state index in [0.717, 1.165) is 33.8 Å². The Kier molecular flexibility index (Phi) is 7.89. The lowest BCUT2D eigenvalue weighted by atomic mass is 10.3. The summed E-state index contributed by atoms with van der Waals surface area (Å²) in [5.41, 5.74) is 0.851. The monoisotopic (exact) mass is 451 g/mol. The number of likely N-dealkylation sites (N-methyl/N-ethyl adjacent to an activating group) is 1. The van der Waals surface area contributed by atoms with Crippen molar-refractivity contribution in [2.24, 2.45) is 0 Å². The topological polar surface area (TPSA) is 36.4 Å². The molecule has 0 spiro atoms. The van der Waals surface area contributed by atoms with E-state index in [1.54, 1.807) is 28.8 Å². The molecule has 0 aliphatic carbocycles. The molecule has 0 aliphatic heterocycles. The van der Waals surface area contributed by atoms with E-state index in [0.29, 0.717) is 23.1 Å². The van der Waals surface area contributed by atoms with Crippen molar-refractivity contribution in [2.45, 2.75) is 17.7 Å². The molecular weight excluding hydrogens is 429 g/mol. The second kappa shape index (κ2) is 10.4. The zero-order valence-corrected chi connectivity index (χ0v) is 18.8. The Morgan fingerprint density at radius 2 is 1.93 bits per heavy atom. The van der Waals surface area contributed by atoms with Gasteiger partial charge in [0.1, 0.15) is 5.82 Å². The average molecular weight is 452 g/mol. The summed E-state index contributed by atoms with van der Waals surface area (Å²) in [5.74, 6) is 0.629. The molecule has 0 fully saturated rings. The molecule has 0 saturated heterocycles. The Morgan fingerprint density at radius 1 is 1.17 bits per heavy atom. The van der Waals surface area contributed by atoms with Gasteiger partial charge in [0.2, 0.25) is 5.91 Å². The van der Waals surface area contributed by atoms with Gasteiger partial charge in [-0.25, -0.2) is 9.37 Å². The molecule has 8 heteroatoms. The Labute approximate surface area is 183 Å². The number of thioether (sulfide) groups is 1. The van der Waals surface area contributed by atoms with Crippen LogP contribution in [-0.4, -0.2) is 48.7 Å². The van der Waals surface area contributed by atoms with E-state index < -0.39 is 0 Å². The molecule has 0 unspecified atom stereocenters. The summed E-state index contributed by atoms with van der Waals surface area (Å²) >= 11 is 9.20. The van der Waals surface area contributed by atoms with Crippen LogP contribution in [0, 0.1) is 5.82 Å². The molecule has 3 rings (SSSR count). The fourth-order valence-electron chi connectivity index (χ4n) is 2.71. The highest BCUT2D eigenvalue weighted by Gasteiger charge is 2.19. The Bertz CT molecular complexity index is 962. The molecule has 0 bridgehead atoms. The molecule has 1 heterocycles. The second-order valence-corrected chi connectivity index (χ2v) is 9.48. The summed E-state index contributed by atoms with van der Waals surface area (Å²) in [7, 11) is 3.97. The van der Waals surface area contributed by atoms with Gasteiger partial charge < -0.3 is 4.90 Å². The Balaban J connectivity index is 1.63. The minimum Gasteiger partial charge on any atom is -0.308 e. The molecule has 0 radical (unpaired) electrons. The zero-order chi connectivity index (χ0) is 20.8. The summed E-state index contributed by atoms with van der Waals surface area (Å²) in [6.07, 6.45) is 1.19. The molecule has 0 atom stereocenters. The van der Waals surface area contributed by atoms with Crippen molar-refractivity contribution in [3.05, 3.63) is 53.3 Å². The highest BCUT2D eigenvalue weighted by Crippen LogP contribution is 2.31. The third-order valence-electron chi connectivity index (χ3n) is 4.26. The number of carbonyl (C=O) groups is 1. The van der Waals surface area contributed by atoms with Gasteiger partial charge in [0.05, 0.1) is 10.2 Å². The number of fused-ring (bicyclic) bond motifs is 1. The number of rotatable bonds is 9. The summed E-state index contributed by atoms with van der Waals surface area (Å²) in [6, 6.07) is 12.0. The Hall–Kier alpha value is -1.67. The maximum Gasteiger partial charge on any atom is 0.228 e. The molecule has 3 aromatic rings. The molecule has 1 amide bonds. The lowest BCUT2D eigenvalue weighted by molar-refractivity contribution is -0.118. The van der Waals surface area contributed by atoms with Crippen LogP contribution in [0.4, 0.5) is 9.52 Å². The van der Waals surface area contributed by atoms with Gasteiger partial charge in [0.15, 0.2) is 5.13 Å². The smallest absolute Gasteiger partial charge is 0.228 e. The van der Waals surface area contributed by atoms with Gasteiger partial charge >= 0.3 is 0 Å². The highest BCUT2D eigenvalue weighted by atomic mass is 35.5. The zero-order valence-electron chi connectivity index (χ0n) is 16.4. The van der Waals surface area contributed by atoms with E-state index in [9.17, 15) is 9.18 Å². The van der Waals surface area contributed by atoms with Crippen LogP contribution in [0.2, 0.25) is 5.02 Å². The fraction of sp³-hybridized carbons (Fsp3) is 0.333. The second-order valence-electron chi connectivity index (χ2n) is 6.86. The first-order chi connectivity index (χ1) is 13.9. The molecule has 0 saturated carbocycles. The predicted octanol–water partition coefficient (Wildman–Crippen LogP) is 5.56. The van der Waals surface area contributed by atoms with Crippen LogP contribution < -0.4 is 4.90 Å². The van der Waals surface area contributed by atoms with E-state index in [2.05, 4.69) is 9.88 Å². The van der Waals surface area contributed by atoms with Crippen LogP contribution in [0.3, 0.4) is 0 Å². The number of hydrogen-bond acceptors (Lipinski definition) is 5.